The van der Waals surface area contributed by atoms with E-state index in [1.54, 1.807) is 12.4 Å². The molecule has 2 aliphatic heterocycles. The summed E-state index contributed by atoms with van der Waals surface area (Å²) in [6, 6.07) is 16.3. The second kappa shape index (κ2) is 24.1. The van der Waals surface area contributed by atoms with Gasteiger partial charge in [-0.25, -0.2) is 17.6 Å². The van der Waals surface area contributed by atoms with E-state index in [0.717, 1.165) is 61.2 Å². The summed E-state index contributed by atoms with van der Waals surface area (Å²) in [5.74, 6) is 0.496. The Morgan fingerprint density at radius 1 is 0.617 bits per heavy atom. The maximum Gasteiger partial charge on any atom is 0.319 e. The van der Waals surface area contributed by atoms with Crippen LogP contribution < -0.4 is 10.6 Å². The van der Waals surface area contributed by atoms with Crippen LogP contribution in [0.2, 0.25) is 0 Å². The Balaban J connectivity index is 0.739. The molecule has 16 heteroatoms. The highest BCUT2D eigenvalue weighted by molar-refractivity contribution is 7.99. The molecule has 60 heavy (non-hydrogen) atoms. The van der Waals surface area contributed by atoms with Crippen molar-refractivity contribution in [3.05, 3.63) is 119 Å². The van der Waals surface area contributed by atoms with E-state index in [2.05, 4.69) is 20.6 Å². The molecule has 2 aliphatic rings. The zero-order valence-electron chi connectivity index (χ0n) is 33.8. The molecular weight excluding hydrogens is 836 g/mol. The third kappa shape index (κ3) is 14.1. The summed E-state index contributed by atoms with van der Waals surface area (Å²) in [5, 5.41) is 6.42. The van der Waals surface area contributed by atoms with Gasteiger partial charge in [-0.15, -0.1) is 23.5 Å². The van der Waals surface area contributed by atoms with Crippen LogP contribution in [-0.4, -0.2) is 74.2 Å². The second-order valence-electron chi connectivity index (χ2n) is 15.4. The van der Waals surface area contributed by atoms with Crippen molar-refractivity contribution in [1.29, 1.82) is 0 Å². The fourth-order valence-electron chi connectivity index (χ4n) is 7.21. The van der Waals surface area contributed by atoms with Crippen LogP contribution in [0.15, 0.2) is 82.8 Å². The molecule has 2 saturated heterocycles. The van der Waals surface area contributed by atoms with E-state index in [9.17, 15) is 22.1 Å². The summed E-state index contributed by atoms with van der Waals surface area (Å²) in [5.41, 5.74) is 3.32. The van der Waals surface area contributed by atoms with Gasteiger partial charge in [-0.3, -0.25) is 14.5 Å². The van der Waals surface area contributed by atoms with Gasteiger partial charge < -0.3 is 29.2 Å². The lowest BCUT2D eigenvalue weighted by Gasteiger charge is -2.42. The third-order valence-corrected chi connectivity index (χ3v) is 13.9. The molecule has 6 rings (SSSR count). The topological polar surface area (TPSA) is 104 Å². The van der Waals surface area contributed by atoms with Crippen molar-refractivity contribution in [2.45, 2.75) is 85.1 Å². The fourth-order valence-corrected chi connectivity index (χ4v) is 9.70. The highest BCUT2D eigenvalue weighted by Crippen LogP contribution is 2.39. The number of ether oxygens (including phenoxy) is 2. The average Bonchev–Trinajstić information content (AvgIpc) is 3.21. The Kier molecular flexibility index (Phi) is 18.8. The largest absolute Gasteiger partial charge is 0.379 e. The molecule has 0 atom stereocenters. The van der Waals surface area contributed by atoms with Gasteiger partial charge in [-0.1, -0.05) is 37.1 Å². The van der Waals surface area contributed by atoms with Crippen molar-refractivity contribution in [3.63, 3.8) is 0 Å². The van der Waals surface area contributed by atoms with E-state index in [4.69, 9.17) is 18.5 Å². The van der Waals surface area contributed by atoms with Gasteiger partial charge in [-0.2, -0.15) is 0 Å². The molecule has 0 spiro atoms. The van der Waals surface area contributed by atoms with Gasteiger partial charge in [0.1, 0.15) is 23.3 Å². The normalized spacial score (nSPS) is 15.6. The summed E-state index contributed by atoms with van der Waals surface area (Å²) >= 11 is 2.92. The number of hydrogen-bond acceptors (Lipinski definition) is 11. The van der Waals surface area contributed by atoms with Crippen LogP contribution in [-0.2, 0) is 47.0 Å². The Hall–Kier alpha value is -2.85. The average molecular weight is 891 g/mol. The Morgan fingerprint density at radius 2 is 1.03 bits per heavy atom. The lowest BCUT2D eigenvalue weighted by Crippen LogP contribution is -2.46. The minimum atomic E-state index is -2.62. The molecule has 4 aromatic rings. The first kappa shape index (κ1) is 46.6. The van der Waals surface area contributed by atoms with Crippen molar-refractivity contribution in [2.75, 3.05) is 64.2 Å². The van der Waals surface area contributed by atoms with Crippen LogP contribution >= 0.6 is 31.8 Å². The zero-order valence-corrected chi connectivity index (χ0v) is 36.5. The van der Waals surface area contributed by atoms with E-state index in [-0.39, 0.29) is 47.3 Å². The van der Waals surface area contributed by atoms with Gasteiger partial charge in [0.05, 0.1) is 60.8 Å². The highest BCUT2D eigenvalue weighted by Gasteiger charge is 2.40. The summed E-state index contributed by atoms with van der Waals surface area (Å²) in [7, 11) is -2.62. The van der Waals surface area contributed by atoms with Crippen LogP contribution in [0.5, 0.6) is 0 Å². The number of nitrogens with one attached hydrogen (secondary N) is 2. The molecule has 0 saturated carbocycles. The monoisotopic (exact) mass is 890 g/mol. The molecule has 2 aromatic carbocycles. The molecule has 0 aliphatic carbocycles. The van der Waals surface area contributed by atoms with Gasteiger partial charge in [0.15, 0.2) is 0 Å². The first-order valence-electron chi connectivity index (χ1n) is 20.7. The van der Waals surface area contributed by atoms with E-state index in [0.29, 0.717) is 86.6 Å². The molecule has 2 aromatic heterocycles. The number of pyridine rings is 2. The number of nitrogens with zero attached hydrogens (tertiary/aromatic N) is 2. The van der Waals surface area contributed by atoms with Crippen molar-refractivity contribution >= 4 is 31.8 Å². The van der Waals surface area contributed by atoms with Gasteiger partial charge in [0.25, 0.3) is 0 Å². The molecular formula is C44H55F4N4O5PS2. The van der Waals surface area contributed by atoms with Crippen LogP contribution in [0, 0.1) is 23.3 Å². The summed E-state index contributed by atoms with van der Waals surface area (Å²) in [6.07, 6.45) is 10.0. The first-order valence-corrected chi connectivity index (χ1v) is 23.9. The predicted molar refractivity (Wildman–Crippen MR) is 229 cm³/mol. The van der Waals surface area contributed by atoms with Crippen LogP contribution in [0.4, 0.5) is 17.6 Å². The maximum atomic E-state index is 14.8. The number of benzene rings is 2. The molecule has 4 heterocycles. The summed E-state index contributed by atoms with van der Waals surface area (Å²) in [4.78, 5) is 9.86. The third-order valence-electron chi connectivity index (χ3n) is 10.8. The van der Waals surface area contributed by atoms with Gasteiger partial charge in [0.2, 0.25) is 0 Å². The minimum Gasteiger partial charge on any atom is -0.379 e. The van der Waals surface area contributed by atoms with E-state index in [1.165, 1.54) is 59.9 Å². The summed E-state index contributed by atoms with van der Waals surface area (Å²) in [6.45, 7) is 5.07. The molecule has 0 unspecified atom stereocenters. The maximum absolute atomic E-state index is 14.8. The van der Waals surface area contributed by atoms with Crippen molar-refractivity contribution in [3.8, 4) is 0 Å². The molecule has 2 N–H and O–H groups in total. The number of thioether (sulfide) groups is 2. The number of rotatable bonds is 28. The molecule has 0 radical (unpaired) electrons. The molecule has 326 valence electrons. The van der Waals surface area contributed by atoms with Crippen molar-refractivity contribution < 1.29 is 40.6 Å². The van der Waals surface area contributed by atoms with Gasteiger partial charge in [-0.05, 0) is 111 Å². The Bertz CT molecular complexity index is 1810. The number of aromatic nitrogens is 2. The number of halogens is 4. The zero-order chi connectivity index (χ0) is 42.0. The molecule has 2 fully saturated rings. The fraction of sp³-hybridized carbons (Fsp3) is 0.500. The van der Waals surface area contributed by atoms with E-state index < -0.39 is 8.25 Å². The predicted octanol–water partition coefficient (Wildman–Crippen LogP) is 9.58. The number of hydrogen-bond donors (Lipinski definition) is 2. The van der Waals surface area contributed by atoms with Gasteiger partial charge >= 0.3 is 8.25 Å². The van der Waals surface area contributed by atoms with E-state index in [1.807, 2.05) is 24.3 Å². The minimum absolute atomic E-state index is 0.0510. The first-order chi connectivity index (χ1) is 29.2. The SMILES string of the molecule is O=[PH](OCCCNCc1cc(F)c(SCCCCC2(c3ccc(F)cc3)COC2)cn1)OCCCNCc1cc(F)c(SCCCCC2(c3ccc(F)cc3)COC2)cn1. The van der Waals surface area contributed by atoms with Gasteiger partial charge in [0, 0.05) is 36.3 Å². The second-order valence-corrected chi connectivity index (χ2v) is 18.7. The lowest BCUT2D eigenvalue weighted by molar-refractivity contribution is -0.0652. The van der Waals surface area contributed by atoms with E-state index >= 15 is 0 Å². The summed E-state index contributed by atoms with van der Waals surface area (Å²) < 4.78 is 90.0. The van der Waals surface area contributed by atoms with Crippen molar-refractivity contribution in [2.24, 2.45) is 0 Å². The van der Waals surface area contributed by atoms with Crippen LogP contribution in [0.25, 0.3) is 0 Å². The lowest BCUT2D eigenvalue weighted by atomic mass is 9.75. The smallest absolute Gasteiger partial charge is 0.319 e. The molecule has 0 bridgehead atoms. The Morgan fingerprint density at radius 3 is 1.40 bits per heavy atom. The quantitative estimate of drug-likeness (QED) is 0.0247. The van der Waals surface area contributed by atoms with Crippen LogP contribution in [0.3, 0.4) is 0 Å². The van der Waals surface area contributed by atoms with Crippen molar-refractivity contribution in [1.82, 2.24) is 20.6 Å². The standard InChI is InChI=1S/C44H55F4N4O5PS2/c45-35-11-7-33(8-12-35)43(29-54-30-43)15-1-3-21-59-41-27-51-37(23-39(41)47)25-49-17-5-19-56-58(53)57-20-6-18-50-26-38-24-40(48)42(28-52-38)60-22-4-2-16-44(31-55-32-44)34-9-13-36(46)14-10-34/h7-14,23-24,27-28,49-50,58H,1-6,15-22,25-26,29-32H2. The van der Waals surface area contributed by atoms with Crippen LogP contribution in [0.1, 0.15) is 73.9 Å². The molecule has 0 amide bonds. The Labute approximate surface area is 359 Å². The molecule has 9 nitrogen and oxygen atoms in total. The number of unbranched alkanes of at least 4 members (excludes halogenated alkanes) is 2. The highest BCUT2D eigenvalue weighted by atomic mass is 32.2.